The number of benzene rings is 1. The Morgan fingerprint density at radius 2 is 2.00 bits per heavy atom. The number of aromatic nitrogens is 1. The number of thiazole rings is 1. The Morgan fingerprint density at radius 3 is 2.70 bits per heavy atom. The monoisotopic (exact) mass is 292 g/mol. The molecular weight excluding hydrogens is 272 g/mol. The first-order chi connectivity index (χ1) is 9.78. The Bertz CT molecular complexity index is 555. The summed E-state index contributed by atoms with van der Waals surface area (Å²) in [4.78, 5) is 4.59. The lowest BCUT2D eigenvalue weighted by atomic mass is 10.1. The van der Waals surface area contributed by atoms with Crippen LogP contribution in [0.1, 0.15) is 19.8 Å². The number of rotatable bonds is 7. The fraction of sp³-hybridized carbons (Fsp3) is 0.400. The van der Waals surface area contributed by atoms with Crippen LogP contribution < -0.4 is 14.8 Å². The molecule has 0 fully saturated rings. The number of anilines is 1. The number of hydrogen-bond acceptors (Lipinski definition) is 5. The van der Waals surface area contributed by atoms with Gasteiger partial charge in [-0.25, -0.2) is 4.98 Å². The highest BCUT2D eigenvalue weighted by atomic mass is 32.1. The largest absolute Gasteiger partial charge is 0.493 e. The molecule has 20 heavy (non-hydrogen) atoms. The minimum Gasteiger partial charge on any atom is -0.493 e. The van der Waals surface area contributed by atoms with E-state index in [9.17, 15) is 0 Å². The topological polar surface area (TPSA) is 43.4 Å². The van der Waals surface area contributed by atoms with Crippen molar-refractivity contribution in [3.05, 3.63) is 23.6 Å². The highest BCUT2D eigenvalue weighted by molar-refractivity contribution is 7.14. The van der Waals surface area contributed by atoms with Gasteiger partial charge in [0.25, 0.3) is 0 Å². The molecule has 0 aliphatic carbocycles. The second kappa shape index (κ2) is 7.14. The van der Waals surface area contributed by atoms with Gasteiger partial charge >= 0.3 is 0 Å². The number of unbranched alkanes of at least 4 members (excludes halogenated alkanes) is 1. The van der Waals surface area contributed by atoms with Crippen LogP contribution in [-0.2, 0) is 0 Å². The highest BCUT2D eigenvalue weighted by Gasteiger charge is 2.09. The summed E-state index contributed by atoms with van der Waals surface area (Å²) in [6.45, 7) is 3.15. The Balaban J connectivity index is 2.15. The molecule has 108 valence electrons. The SMILES string of the molecule is CCCCNc1nc(-c2ccc(OC)c(OC)c2)cs1. The Kier molecular flexibility index (Phi) is 5.24. The lowest BCUT2D eigenvalue weighted by Crippen LogP contribution is -1.99. The predicted octanol–water partition coefficient (Wildman–Crippen LogP) is 4.04. The molecule has 0 atom stereocenters. The smallest absolute Gasteiger partial charge is 0.183 e. The van der Waals surface area contributed by atoms with Gasteiger partial charge in [-0.05, 0) is 24.6 Å². The van der Waals surface area contributed by atoms with E-state index in [1.165, 1.54) is 6.42 Å². The van der Waals surface area contributed by atoms with Gasteiger partial charge in [-0.1, -0.05) is 13.3 Å². The Hall–Kier alpha value is -1.75. The molecule has 1 N–H and O–H groups in total. The second-order valence-electron chi connectivity index (χ2n) is 4.39. The number of nitrogens with one attached hydrogen (secondary N) is 1. The minimum absolute atomic E-state index is 0.721. The van der Waals surface area contributed by atoms with Crippen LogP contribution in [0, 0.1) is 0 Å². The average molecular weight is 292 g/mol. The molecule has 0 aliphatic heterocycles. The summed E-state index contributed by atoms with van der Waals surface area (Å²) in [5.74, 6) is 1.45. The van der Waals surface area contributed by atoms with Gasteiger partial charge in [0.05, 0.1) is 19.9 Å². The maximum atomic E-state index is 5.32. The van der Waals surface area contributed by atoms with Crippen LogP contribution in [0.15, 0.2) is 23.6 Å². The molecule has 1 aromatic heterocycles. The fourth-order valence-corrected chi connectivity index (χ4v) is 2.60. The van der Waals surface area contributed by atoms with E-state index in [0.29, 0.717) is 0 Å². The molecule has 2 aromatic rings. The molecule has 0 saturated carbocycles. The first-order valence-corrected chi connectivity index (χ1v) is 7.58. The summed E-state index contributed by atoms with van der Waals surface area (Å²) >= 11 is 1.62. The van der Waals surface area contributed by atoms with E-state index < -0.39 is 0 Å². The van der Waals surface area contributed by atoms with E-state index in [1.54, 1.807) is 25.6 Å². The van der Waals surface area contributed by atoms with E-state index in [1.807, 2.05) is 18.2 Å². The van der Waals surface area contributed by atoms with Gasteiger partial charge in [0.1, 0.15) is 0 Å². The van der Waals surface area contributed by atoms with E-state index in [2.05, 4.69) is 22.6 Å². The zero-order chi connectivity index (χ0) is 14.4. The number of ether oxygens (including phenoxy) is 2. The van der Waals surface area contributed by atoms with Crippen LogP contribution in [-0.4, -0.2) is 25.7 Å². The third-order valence-corrected chi connectivity index (χ3v) is 3.79. The van der Waals surface area contributed by atoms with Crippen molar-refractivity contribution in [2.45, 2.75) is 19.8 Å². The fourth-order valence-electron chi connectivity index (χ4n) is 1.86. The van der Waals surface area contributed by atoms with Gasteiger partial charge in [-0.3, -0.25) is 0 Å². The average Bonchev–Trinajstić information content (AvgIpc) is 2.95. The summed E-state index contributed by atoms with van der Waals surface area (Å²) in [5.41, 5.74) is 1.98. The van der Waals surface area contributed by atoms with E-state index in [4.69, 9.17) is 9.47 Å². The van der Waals surface area contributed by atoms with Crippen LogP contribution in [0.4, 0.5) is 5.13 Å². The number of nitrogens with zero attached hydrogens (tertiary/aromatic N) is 1. The molecule has 0 spiro atoms. The summed E-state index contributed by atoms with van der Waals surface area (Å²) in [7, 11) is 3.27. The highest BCUT2D eigenvalue weighted by Crippen LogP contribution is 2.33. The first kappa shape index (κ1) is 14.7. The van der Waals surface area contributed by atoms with Gasteiger partial charge in [-0.15, -0.1) is 11.3 Å². The Morgan fingerprint density at radius 1 is 1.20 bits per heavy atom. The zero-order valence-electron chi connectivity index (χ0n) is 12.1. The van der Waals surface area contributed by atoms with Crippen LogP contribution in [0.3, 0.4) is 0 Å². The normalized spacial score (nSPS) is 10.3. The molecule has 0 amide bonds. The molecule has 0 unspecified atom stereocenters. The van der Waals surface area contributed by atoms with Crippen LogP contribution in [0.25, 0.3) is 11.3 Å². The third kappa shape index (κ3) is 3.42. The predicted molar refractivity (Wildman–Crippen MR) is 84.1 cm³/mol. The van der Waals surface area contributed by atoms with Crippen molar-refractivity contribution in [2.75, 3.05) is 26.1 Å². The molecule has 2 rings (SSSR count). The lowest BCUT2D eigenvalue weighted by molar-refractivity contribution is 0.355. The molecule has 4 nitrogen and oxygen atoms in total. The van der Waals surface area contributed by atoms with Crippen molar-refractivity contribution in [3.8, 4) is 22.8 Å². The van der Waals surface area contributed by atoms with Crippen molar-refractivity contribution in [3.63, 3.8) is 0 Å². The quantitative estimate of drug-likeness (QED) is 0.782. The van der Waals surface area contributed by atoms with Gasteiger partial charge in [0.2, 0.25) is 0 Å². The zero-order valence-corrected chi connectivity index (χ0v) is 12.9. The molecular formula is C15H20N2O2S. The summed E-state index contributed by atoms with van der Waals surface area (Å²) in [5, 5.41) is 6.35. The summed E-state index contributed by atoms with van der Waals surface area (Å²) in [6, 6.07) is 5.84. The van der Waals surface area contributed by atoms with Crippen LogP contribution in [0.5, 0.6) is 11.5 Å². The maximum absolute atomic E-state index is 5.32. The molecule has 0 radical (unpaired) electrons. The molecule has 0 aliphatic rings. The lowest BCUT2D eigenvalue weighted by Gasteiger charge is -2.08. The standard InChI is InChI=1S/C15H20N2O2S/c1-4-5-8-16-15-17-12(10-20-15)11-6-7-13(18-2)14(9-11)19-3/h6-7,9-10H,4-5,8H2,1-3H3,(H,16,17). The van der Waals surface area contributed by atoms with Gasteiger partial charge in [-0.2, -0.15) is 0 Å². The van der Waals surface area contributed by atoms with Crippen molar-refractivity contribution in [1.82, 2.24) is 4.98 Å². The molecule has 5 heteroatoms. The van der Waals surface area contributed by atoms with E-state index >= 15 is 0 Å². The molecule has 0 saturated heterocycles. The summed E-state index contributed by atoms with van der Waals surface area (Å²) < 4.78 is 10.6. The van der Waals surface area contributed by atoms with Crippen LogP contribution in [0.2, 0.25) is 0 Å². The first-order valence-electron chi connectivity index (χ1n) is 6.70. The van der Waals surface area contributed by atoms with Gasteiger partial charge in [0.15, 0.2) is 16.6 Å². The Labute approximate surface area is 123 Å². The van der Waals surface area contributed by atoms with Crippen molar-refractivity contribution < 1.29 is 9.47 Å². The van der Waals surface area contributed by atoms with Gasteiger partial charge in [0, 0.05) is 17.5 Å². The van der Waals surface area contributed by atoms with E-state index in [0.717, 1.165) is 40.9 Å². The van der Waals surface area contributed by atoms with Gasteiger partial charge < -0.3 is 14.8 Å². The third-order valence-electron chi connectivity index (χ3n) is 2.99. The summed E-state index contributed by atoms with van der Waals surface area (Å²) in [6.07, 6.45) is 2.34. The molecule has 0 bridgehead atoms. The molecule has 1 aromatic carbocycles. The van der Waals surface area contributed by atoms with Crippen molar-refractivity contribution >= 4 is 16.5 Å². The van der Waals surface area contributed by atoms with Crippen LogP contribution >= 0.6 is 11.3 Å². The molecule has 1 heterocycles. The number of hydrogen-bond donors (Lipinski definition) is 1. The van der Waals surface area contributed by atoms with E-state index in [-0.39, 0.29) is 0 Å². The maximum Gasteiger partial charge on any atom is 0.183 e. The number of methoxy groups -OCH3 is 2. The second-order valence-corrected chi connectivity index (χ2v) is 5.25. The minimum atomic E-state index is 0.721. The van der Waals surface area contributed by atoms with Crippen molar-refractivity contribution in [2.24, 2.45) is 0 Å². The van der Waals surface area contributed by atoms with Crippen molar-refractivity contribution in [1.29, 1.82) is 0 Å².